The van der Waals surface area contributed by atoms with Crippen LogP contribution in [0.5, 0.6) is 0 Å². The van der Waals surface area contributed by atoms with Gasteiger partial charge in [-0.2, -0.15) is 0 Å². The summed E-state index contributed by atoms with van der Waals surface area (Å²) in [6, 6.07) is 6.95. The molecular formula is C29H44N4O6. The van der Waals surface area contributed by atoms with E-state index in [1.165, 1.54) is 0 Å². The first-order chi connectivity index (χ1) is 18.4. The first kappa shape index (κ1) is 31.8. The first-order valence-corrected chi connectivity index (χ1v) is 13.9. The molecule has 10 heteroatoms. The summed E-state index contributed by atoms with van der Waals surface area (Å²) in [4.78, 5) is 65.0. The quantitative estimate of drug-likeness (QED) is 0.281. The van der Waals surface area contributed by atoms with Crippen LogP contribution in [-0.4, -0.2) is 53.3 Å². The van der Waals surface area contributed by atoms with Crippen molar-refractivity contribution in [1.82, 2.24) is 21.3 Å². The molecule has 3 atom stereocenters. The third-order valence-electron chi connectivity index (χ3n) is 6.89. The minimum Gasteiger partial charge on any atom is -0.447 e. The summed E-state index contributed by atoms with van der Waals surface area (Å²) in [7, 11) is 0. The number of carbonyl (C=O) groups excluding carboxylic acids is 5. The zero-order chi connectivity index (χ0) is 29.2. The van der Waals surface area contributed by atoms with Crippen LogP contribution in [0, 0.1) is 5.92 Å². The Morgan fingerprint density at radius 1 is 0.897 bits per heavy atom. The molecule has 10 nitrogen and oxygen atoms in total. The lowest BCUT2D eigenvalue weighted by molar-refractivity contribution is -0.142. The molecule has 0 saturated heterocycles. The fourth-order valence-electron chi connectivity index (χ4n) is 4.72. The number of rotatable bonds is 13. The number of hydrogen-bond acceptors (Lipinski definition) is 6. The maximum atomic E-state index is 13.6. The summed E-state index contributed by atoms with van der Waals surface area (Å²) in [5, 5.41) is 10.9. The van der Waals surface area contributed by atoms with Gasteiger partial charge in [0.2, 0.25) is 17.6 Å². The second kappa shape index (κ2) is 14.6. The van der Waals surface area contributed by atoms with Crippen LogP contribution in [0.25, 0.3) is 0 Å². The Morgan fingerprint density at radius 3 is 2.05 bits per heavy atom. The average molecular weight is 545 g/mol. The lowest BCUT2D eigenvalue weighted by atomic mass is 9.93. The highest BCUT2D eigenvalue weighted by molar-refractivity contribution is 6.38. The van der Waals surface area contributed by atoms with Crippen molar-refractivity contribution in [1.29, 1.82) is 0 Å². The molecule has 39 heavy (non-hydrogen) atoms. The lowest BCUT2D eigenvalue weighted by Crippen LogP contribution is -2.63. The summed E-state index contributed by atoms with van der Waals surface area (Å²) in [6.45, 7) is 10.6. The molecule has 0 aromatic heterocycles. The molecule has 2 rings (SSSR count). The molecular weight excluding hydrogens is 500 g/mol. The Hall–Kier alpha value is -3.43. The number of amides is 4. The third kappa shape index (κ3) is 9.07. The van der Waals surface area contributed by atoms with Crippen LogP contribution >= 0.6 is 0 Å². The van der Waals surface area contributed by atoms with E-state index in [4.69, 9.17) is 4.74 Å². The van der Waals surface area contributed by atoms with Crippen LogP contribution in [0.15, 0.2) is 30.3 Å². The predicted molar refractivity (Wildman–Crippen MR) is 148 cm³/mol. The van der Waals surface area contributed by atoms with E-state index in [9.17, 15) is 24.0 Å². The molecule has 1 aliphatic rings. The van der Waals surface area contributed by atoms with Gasteiger partial charge in [0.25, 0.3) is 5.91 Å². The molecule has 1 saturated carbocycles. The SMILES string of the molecule is CCCC(NC(=O)C1(NC(=O)[C@@H](NC(=O)OC(C)C)C(C)C)CCCC1)C(=O)C(=O)N[C@@H](C)c1ccccc1. The predicted octanol–water partition coefficient (Wildman–Crippen LogP) is 3.31. The standard InChI is InChI=1S/C29H44N4O6/c1-7-13-22(24(34)26(36)30-20(6)21-14-9-8-10-15-21)31-27(37)29(16-11-12-17-29)33-25(35)23(18(2)3)32-28(38)39-19(4)5/h8-10,14-15,18-20,22-23H,7,11-13,16-17H2,1-6H3,(H,30,36)(H,31,37)(H,32,38)(H,33,35)/t20-,22?,23-/m0/s1. The van der Waals surface area contributed by atoms with Gasteiger partial charge in [-0.05, 0) is 51.5 Å². The fourth-order valence-corrected chi connectivity index (χ4v) is 4.72. The van der Waals surface area contributed by atoms with E-state index in [1.807, 2.05) is 37.3 Å². The summed E-state index contributed by atoms with van der Waals surface area (Å²) in [6.07, 6.45) is 1.97. The Balaban J connectivity index is 2.14. The van der Waals surface area contributed by atoms with Gasteiger partial charge in [-0.1, -0.05) is 70.4 Å². The molecule has 0 radical (unpaired) electrons. The van der Waals surface area contributed by atoms with Crippen molar-refractivity contribution in [3.05, 3.63) is 35.9 Å². The smallest absolute Gasteiger partial charge is 0.408 e. The summed E-state index contributed by atoms with van der Waals surface area (Å²) >= 11 is 0. The Morgan fingerprint density at radius 2 is 1.51 bits per heavy atom. The highest BCUT2D eigenvalue weighted by atomic mass is 16.6. The summed E-state index contributed by atoms with van der Waals surface area (Å²) in [5.41, 5.74) is -0.388. The van der Waals surface area contributed by atoms with E-state index in [2.05, 4.69) is 21.3 Å². The Labute approximate surface area is 231 Å². The number of ketones is 1. The van der Waals surface area contributed by atoms with Crippen molar-refractivity contribution in [3.63, 3.8) is 0 Å². The number of ether oxygens (including phenoxy) is 1. The van der Waals surface area contributed by atoms with Crippen molar-refractivity contribution in [2.75, 3.05) is 0 Å². The van der Waals surface area contributed by atoms with Crippen LogP contribution in [0.3, 0.4) is 0 Å². The second-order valence-corrected chi connectivity index (χ2v) is 10.9. The maximum Gasteiger partial charge on any atom is 0.408 e. The van der Waals surface area contributed by atoms with E-state index in [0.717, 1.165) is 5.56 Å². The van der Waals surface area contributed by atoms with Gasteiger partial charge in [-0.3, -0.25) is 19.2 Å². The van der Waals surface area contributed by atoms with Gasteiger partial charge in [0.05, 0.1) is 18.2 Å². The van der Waals surface area contributed by atoms with E-state index in [0.29, 0.717) is 32.1 Å². The minimum atomic E-state index is -1.24. The molecule has 0 bridgehead atoms. The van der Waals surface area contributed by atoms with Gasteiger partial charge < -0.3 is 26.0 Å². The molecule has 216 valence electrons. The molecule has 0 aliphatic heterocycles. The molecule has 4 N–H and O–H groups in total. The van der Waals surface area contributed by atoms with E-state index < -0.39 is 47.2 Å². The fraction of sp³-hybridized carbons (Fsp3) is 0.621. The Bertz CT molecular complexity index is 1000. The number of hydrogen-bond donors (Lipinski definition) is 4. The summed E-state index contributed by atoms with van der Waals surface area (Å²) < 4.78 is 5.12. The largest absolute Gasteiger partial charge is 0.447 e. The zero-order valence-electron chi connectivity index (χ0n) is 24.0. The summed E-state index contributed by atoms with van der Waals surface area (Å²) in [5.74, 6) is -2.78. The number of Topliss-reactive ketones (excluding diaryl/α,β-unsaturated/α-hetero) is 1. The molecule has 1 aromatic carbocycles. The number of nitrogens with one attached hydrogen (secondary N) is 4. The number of carbonyl (C=O) groups is 5. The molecule has 4 amide bonds. The number of benzene rings is 1. The van der Waals surface area contributed by atoms with Crippen molar-refractivity contribution in [2.24, 2.45) is 5.92 Å². The molecule has 1 aliphatic carbocycles. The van der Waals surface area contributed by atoms with Crippen molar-refractivity contribution in [2.45, 2.75) is 110 Å². The number of alkyl carbamates (subject to hydrolysis) is 1. The molecule has 1 aromatic rings. The van der Waals surface area contributed by atoms with Gasteiger partial charge in [-0.15, -0.1) is 0 Å². The van der Waals surface area contributed by atoms with Crippen LogP contribution in [0.4, 0.5) is 4.79 Å². The topological polar surface area (TPSA) is 143 Å². The van der Waals surface area contributed by atoms with Crippen LogP contribution < -0.4 is 21.3 Å². The van der Waals surface area contributed by atoms with Crippen molar-refractivity contribution in [3.8, 4) is 0 Å². The van der Waals surface area contributed by atoms with Crippen molar-refractivity contribution < 1.29 is 28.7 Å². The Kier molecular flexibility index (Phi) is 11.9. The maximum absolute atomic E-state index is 13.6. The molecule has 1 unspecified atom stereocenters. The zero-order valence-corrected chi connectivity index (χ0v) is 24.0. The van der Waals surface area contributed by atoms with Gasteiger partial charge in [0, 0.05) is 0 Å². The molecule has 0 spiro atoms. The van der Waals surface area contributed by atoms with Gasteiger partial charge in [0.1, 0.15) is 11.6 Å². The normalized spacial score (nSPS) is 16.6. The van der Waals surface area contributed by atoms with E-state index in [-0.39, 0.29) is 24.5 Å². The molecule has 0 heterocycles. The minimum absolute atomic E-state index is 0.268. The van der Waals surface area contributed by atoms with Crippen molar-refractivity contribution >= 4 is 29.6 Å². The first-order valence-electron chi connectivity index (χ1n) is 13.9. The highest BCUT2D eigenvalue weighted by Crippen LogP contribution is 2.30. The van der Waals surface area contributed by atoms with Crippen LogP contribution in [-0.2, 0) is 23.9 Å². The van der Waals surface area contributed by atoms with E-state index >= 15 is 0 Å². The second-order valence-electron chi connectivity index (χ2n) is 10.9. The lowest BCUT2D eigenvalue weighted by Gasteiger charge is -2.33. The van der Waals surface area contributed by atoms with Gasteiger partial charge in [0.15, 0.2) is 0 Å². The highest BCUT2D eigenvalue weighted by Gasteiger charge is 2.45. The van der Waals surface area contributed by atoms with Gasteiger partial charge in [-0.25, -0.2) is 4.79 Å². The third-order valence-corrected chi connectivity index (χ3v) is 6.89. The van der Waals surface area contributed by atoms with Crippen LogP contribution in [0.2, 0.25) is 0 Å². The monoisotopic (exact) mass is 544 g/mol. The average Bonchev–Trinajstić information content (AvgIpc) is 3.36. The van der Waals surface area contributed by atoms with Gasteiger partial charge >= 0.3 is 6.09 Å². The van der Waals surface area contributed by atoms with E-state index in [1.54, 1.807) is 34.6 Å². The van der Waals surface area contributed by atoms with Crippen LogP contribution in [0.1, 0.15) is 91.7 Å². The molecule has 1 fully saturated rings.